The summed E-state index contributed by atoms with van der Waals surface area (Å²) in [5.74, 6) is 1.34. The first-order chi connectivity index (χ1) is 15.0. The molecule has 0 aliphatic carbocycles. The Morgan fingerprint density at radius 2 is 1.87 bits per heavy atom. The lowest BCUT2D eigenvalue weighted by molar-refractivity contribution is -0.116. The van der Waals surface area contributed by atoms with Gasteiger partial charge in [-0.3, -0.25) is 14.5 Å². The molecule has 0 saturated carbocycles. The minimum Gasteiger partial charge on any atom is -0.493 e. The summed E-state index contributed by atoms with van der Waals surface area (Å²) in [5, 5.41) is 2.71. The summed E-state index contributed by atoms with van der Waals surface area (Å²) in [5.41, 5.74) is 0.396. The van der Waals surface area contributed by atoms with Gasteiger partial charge < -0.3 is 14.8 Å². The van der Waals surface area contributed by atoms with E-state index in [1.807, 2.05) is 12.1 Å². The number of anilines is 1. The zero-order chi connectivity index (χ0) is 22.1. The number of rotatable bonds is 8. The number of carbonyl (C=O) groups excluding carboxylic acids is 1. The highest BCUT2D eigenvalue weighted by Crippen LogP contribution is 2.25. The van der Waals surface area contributed by atoms with Gasteiger partial charge in [-0.05, 0) is 43.2 Å². The van der Waals surface area contributed by atoms with Gasteiger partial charge in [-0.1, -0.05) is 24.6 Å². The number of carbonyl (C=O) groups is 1. The van der Waals surface area contributed by atoms with E-state index in [1.54, 1.807) is 31.4 Å². The predicted molar refractivity (Wildman–Crippen MR) is 119 cm³/mol. The summed E-state index contributed by atoms with van der Waals surface area (Å²) in [6.07, 6.45) is 3.63. The van der Waals surface area contributed by atoms with Crippen molar-refractivity contribution in [3.63, 3.8) is 0 Å². The predicted octanol–water partition coefficient (Wildman–Crippen LogP) is 3.35. The number of amidine groups is 1. The number of aliphatic imine (C=N–C) groups is 1. The average Bonchev–Trinajstić information content (AvgIpc) is 3.02. The van der Waals surface area contributed by atoms with Crippen LogP contribution in [0.4, 0.5) is 5.69 Å². The summed E-state index contributed by atoms with van der Waals surface area (Å²) in [4.78, 5) is 16.6. The number of hydrogen-bond acceptors (Lipinski definition) is 6. The van der Waals surface area contributed by atoms with Crippen LogP contribution in [0.1, 0.15) is 32.1 Å². The molecule has 3 rings (SSSR count). The van der Waals surface area contributed by atoms with E-state index < -0.39 is 10.0 Å². The van der Waals surface area contributed by atoms with E-state index in [-0.39, 0.29) is 23.8 Å². The van der Waals surface area contributed by atoms with E-state index in [1.165, 1.54) is 12.1 Å². The summed E-state index contributed by atoms with van der Waals surface area (Å²) < 4.78 is 38.8. The van der Waals surface area contributed by atoms with Crippen LogP contribution in [0.2, 0.25) is 0 Å². The van der Waals surface area contributed by atoms with Gasteiger partial charge in [0.2, 0.25) is 5.91 Å². The second kappa shape index (κ2) is 10.8. The molecule has 0 bridgehead atoms. The van der Waals surface area contributed by atoms with Crippen molar-refractivity contribution in [1.82, 2.24) is 4.72 Å². The molecule has 1 amide bonds. The van der Waals surface area contributed by atoms with Crippen molar-refractivity contribution in [2.24, 2.45) is 4.99 Å². The molecule has 1 heterocycles. The molecule has 2 N–H and O–H groups in total. The second-order valence-corrected chi connectivity index (χ2v) is 8.75. The molecule has 0 fully saturated rings. The van der Waals surface area contributed by atoms with Gasteiger partial charge in [-0.25, -0.2) is 8.42 Å². The van der Waals surface area contributed by atoms with Crippen molar-refractivity contribution < 1.29 is 22.7 Å². The molecule has 8 nitrogen and oxygen atoms in total. The third kappa shape index (κ3) is 6.71. The largest absolute Gasteiger partial charge is 0.493 e. The SMILES string of the molecule is COc1ccccc1OCCC(=O)Nc1cccc(S(=O)(=O)NC2=NCCCCC2)c1. The highest BCUT2D eigenvalue weighted by atomic mass is 32.2. The fourth-order valence-corrected chi connectivity index (χ4v) is 4.26. The molecule has 0 unspecified atom stereocenters. The van der Waals surface area contributed by atoms with Crippen LogP contribution in [-0.4, -0.2) is 40.4 Å². The van der Waals surface area contributed by atoms with Crippen LogP contribution in [-0.2, 0) is 14.8 Å². The van der Waals surface area contributed by atoms with Gasteiger partial charge in [0.05, 0.1) is 25.0 Å². The Morgan fingerprint density at radius 1 is 1.06 bits per heavy atom. The van der Waals surface area contributed by atoms with Crippen molar-refractivity contribution in [1.29, 1.82) is 0 Å². The Kier molecular flexibility index (Phi) is 7.88. The highest BCUT2D eigenvalue weighted by Gasteiger charge is 2.18. The second-order valence-electron chi connectivity index (χ2n) is 7.07. The lowest BCUT2D eigenvalue weighted by Gasteiger charge is -2.12. The molecular weight excluding hydrogens is 418 g/mol. The van der Waals surface area contributed by atoms with Gasteiger partial charge in [0.15, 0.2) is 11.5 Å². The van der Waals surface area contributed by atoms with Crippen molar-refractivity contribution in [3.8, 4) is 11.5 Å². The quantitative estimate of drug-likeness (QED) is 0.648. The Morgan fingerprint density at radius 3 is 2.68 bits per heavy atom. The average molecular weight is 446 g/mol. The van der Waals surface area contributed by atoms with Crippen molar-refractivity contribution in [3.05, 3.63) is 48.5 Å². The van der Waals surface area contributed by atoms with Crippen LogP contribution >= 0.6 is 0 Å². The molecule has 9 heteroatoms. The Balaban J connectivity index is 1.56. The number of hydrogen-bond donors (Lipinski definition) is 2. The van der Waals surface area contributed by atoms with Crippen molar-refractivity contribution in [2.45, 2.75) is 37.0 Å². The van der Waals surface area contributed by atoms with Crippen LogP contribution in [0.15, 0.2) is 58.4 Å². The summed E-state index contributed by atoms with van der Waals surface area (Å²) in [7, 11) is -2.22. The normalized spacial score (nSPS) is 14.2. The van der Waals surface area contributed by atoms with Crippen molar-refractivity contribution in [2.75, 3.05) is 25.6 Å². The lowest BCUT2D eigenvalue weighted by atomic mass is 10.2. The van der Waals surface area contributed by atoms with Gasteiger partial charge in [0.1, 0.15) is 5.84 Å². The molecule has 31 heavy (non-hydrogen) atoms. The first-order valence-electron chi connectivity index (χ1n) is 10.2. The molecule has 0 saturated heterocycles. The molecule has 0 spiro atoms. The molecule has 166 valence electrons. The van der Waals surface area contributed by atoms with Gasteiger partial charge in [-0.15, -0.1) is 0 Å². The first kappa shape index (κ1) is 22.6. The molecule has 0 radical (unpaired) electrons. The van der Waals surface area contributed by atoms with E-state index in [2.05, 4.69) is 15.0 Å². The molecule has 2 aromatic carbocycles. The van der Waals surface area contributed by atoms with Crippen LogP contribution in [0.25, 0.3) is 0 Å². The fraction of sp³-hybridized carbons (Fsp3) is 0.364. The minimum absolute atomic E-state index is 0.0718. The standard InChI is InChI=1S/C22H27N3O5S/c1-29-19-10-4-5-11-20(19)30-15-13-22(26)24-17-8-7-9-18(16-17)31(27,28)25-21-12-3-2-6-14-23-21/h4-5,7-11,16H,2-3,6,12-15H2,1H3,(H,23,25)(H,24,26). The maximum Gasteiger partial charge on any atom is 0.262 e. The lowest BCUT2D eigenvalue weighted by Crippen LogP contribution is -2.30. The maximum atomic E-state index is 12.7. The number of nitrogens with zero attached hydrogens (tertiary/aromatic N) is 1. The minimum atomic E-state index is -3.77. The maximum absolute atomic E-state index is 12.7. The molecule has 1 aliphatic heterocycles. The fourth-order valence-electron chi connectivity index (χ4n) is 3.13. The molecule has 0 aromatic heterocycles. The van der Waals surface area contributed by atoms with E-state index in [0.29, 0.717) is 36.0 Å². The van der Waals surface area contributed by atoms with Crippen molar-refractivity contribution >= 4 is 27.5 Å². The number of ether oxygens (including phenoxy) is 2. The van der Waals surface area contributed by atoms with E-state index in [9.17, 15) is 13.2 Å². The summed E-state index contributed by atoms with van der Waals surface area (Å²) in [6, 6.07) is 13.3. The molecule has 1 aliphatic rings. The Bertz CT molecular complexity index is 1040. The van der Waals surface area contributed by atoms with E-state index in [4.69, 9.17) is 9.47 Å². The third-order valence-electron chi connectivity index (χ3n) is 4.71. The molecular formula is C22H27N3O5S. The number of para-hydroxylation sites is 2. The number of amides is 1. The summed E-state index contributed by atoms with van der Waals surface area (Å²) >= 11 is 0. The monoisotopic (exact) mass is 445 g/mol. The zero-order valence-electron chi connectivity index (χ0n) is 17.5. The van der Waals surface area contributed by atoms with Crippen LogP contribution in [0.5, 0.6) is 11.5 Å². The topological polar surface area (TPSA) is 106 Å². The highest BCUT2D eigenvalue weighted by molar-refractivity contribution is 7.90. The van der Waals surface area contributed by atoms with Crippen LogP contribution in [0, 0.1) is 0 Å². The number of benzene rings is 2. The first-order valence-corrected chi connectivity index (χ1v) is 11.7. The number of methoxy groups -OCH3 is 1. The molecule has 2 aromatic rings. The van der Waals surface area contributed by atoms with E-state index in [0.717, 1.165) is 19.3 Å². The smallest absolute Gasteiger partial charge is 0.262 e. The van der Waals surface area contributed by atoms with Gasteiger partial charge in [0, 0.05) is 18.7 Å². The van der Waals surface area contributed by atoms with E-state index >= 15 is 0 Å². The summed E-state index contributed by atoms with van der Waals surface area (Å²) in [6.45, 7) is 0.788. The number of sulfonamides is 1. The zero-order valence-corrected chi connectivity index (χ0v) is 18.3. The Hall–Kier alpha value is -3.07. The van der Waals surface area contributed by atoms with Crippen LogP contribution < -0.4 is 19.5 Å². The van der Waals surface area contributed by atoms with Gasteiger partial charge >= 0.3 is 0 Å². The van der Waals surface area contributed by atoms with Gasteiger partial charge in [-0.2, -0.15) is 0 Å². The molecule has 0 atom stereocenters. The third-order valence-corrected chi connectivity index (χ3v) is 6.09. The number of nitrogens with one attached hydrogen (secondary N) is 2. The van der Waals surface area contributed by atoms with Crippen LogP contribution in [0.3, 0.4) is 0 Å². The van der Waals surface area contributed by atoms with Gasteiger partial charge in [0.25, 0.3) is 10.0 Å². The Labute approximate surface area is 182 Å².